The molecule has 2 aromatic rings. The molecule has 0 amide bonds. The molecule has 0 bridgehead atoms. The van der Waals surface area contributed by atoms with Crippen molar-refractivity contribution in [3.8, 4) is 0 Å². The smallest absolute Gasteiger partial charge is 0.0931 e. The topological polar surface area (TPSA) is 12.0 Å². The predicted molar refractivity (Wildman–Crippen MR) is 81.5 cm³/mol. The number of rotatable bonds is 5. The van der Waals surface area contributed by atoms with Gasteiger partial charge in [-0.3, -0.25) is 0 Å². The van der Waals surface area contributed by atoms with Crippen LogP contribution < -0.4 is 5.32 Å². The molecule has 0 aliphatic rings. The minimum atomic E-state index is 0.372. The molecule has 2 rings (SSSR count). The van der Waals surface area contributed by atoms with E-state index in [4.69, 9.17) is 11.6 Å². The lowest BCUT2D eigenvalue weighted by Crippen LogP contribution is -2.22. The van der Waals surface area contributed by atoms with E-state index in [-0.39, 0.29) is 0 Å². The van der Waals surface area contributed by atoms with E-state index in [0.717, 1.165) is 17.3 Å². The first-order valence-electron chi connectivity index (χ1n) is 5.40. The molecule has 0 saturated heterocycles. The second-order valence-corrected chi connectivity index (χ2v) is 7.79. The molecule has 1 atom stereocenters. The zero-order chi connectivity index (χ0) is 12.3. The van der Waals surface area contributed by atoms with Gasteiger partial charge in [0, 0.05) is 17.3 Å². The maximum atomic E-state index is 5.96. The summed E-state index contributed by atoms with van der Waals surface area (Å²) in [5.41, 5.74) is 1.34. The van der Waals surface area contributed by atoms with Crippen molar-refractivity contribution in [1.82, 2.24) is 5.32 Å². The summed E-state index contributed by atoms with van der Waals surface area (Å²) in [4.78, 5) is 1.32. The fourth-order valence-electron chi connectivity index (χ4n) is 1.72. The first-order chi connectivity index (χ1) is 8.19. The second-order valence-electron chi connectivity index (χ2n) is 3.70. The molecular weight excluding hydrogens is 338 g/mol. The lowest BCUT2D eigenvalue weighted by Gasteiger charge is -2.15. The third-order valence-electron chi connectivity index (χ3n) is 2.47. The van der Waals surface area contributed by atoms with Crippen LogP contribution in [0.2, 0.25) is 4.34 Å². The number of thiophene rings is 2. The Morgan fingerprint density at radius 1 is 1.47 bits per heavy atom. The van der Waals surface area contributed by atoms with Crippen LogP contribution in [0, 0.1) is 0 Å². The van der Waals surface area contributed by atoms with Gasteiger partial charge in [-0.05, 0) is 51.6 Å². The van der Waals surface area contributed by atoms with E-state index >= 15 is 0 Å². The Kier molecular flexibility index (Phi) is 5.06. The summed E-state index contributed by atoms with van der Waals surface area (Å²) >= 11 is 12.9. The lowest BCUT2D eigenvalue weighted by atomic mass is 10.1. The first-order valence-corrected chi connectivity index (χ1v) is 8.27. The molecule has 0 radical (unpaired) electrons. The number of halogens is 2. The van der Waals surface area contributed by atoms with Gasteiger partial charge in [-0.25, -0.2) is 0 Å². The summed E-state index contributed by atoms with van der Waals surface area (Å²) in [6.45, 7) is 3.10. The van der Waals surface area contributed by atoms with Gasteiger partial charge in [0.2, 0.25) is 0 Å². The standard InChI is InChI=1S/C12H13BrClNS2/c1-2-15-10(8-5-11(13)16-7-8)6-9-3-4-12(14)17-9/h3-5,7,10,15H,2,6H2,1H3. The average Bonchev–Trinajstić information content (AvgIpc) is 2.87. The molecule has 1 nitrogen and oxygen atoms in total. The molecule has 0 aliphatic heterocycles. The summed E-state index contributed by atoms with van der Waals surface area (Å²) in [6.07, 6.45) is 0.994. The monoisotopic (exact) mass is 349 g/mol. The summed E-state index contributed by atoms with van der Waals surface area (Å²) in [7, 11) is 0. The molecule has 2 heterocycles. The molecule has 0 aliphatic carbocycles. The molecule has 2 aromatic heterocycles. The normalized spacial score (nSPS) is 12.9. The summed E-state index contributed by atoms with van der Waals surface area (Å²) in [6, 6.07) is 6.64. The SMILES string of the molecule is CCNC(Cc1ccc(Cl)s1)c1csc(Br)c1. The Hall–Kier alpha value is 0.130. The minimum Gasteiger partial charge on any atom is -0.310 e. The highest BCUT2D eigenvalue weighted by Crippen LogP contribution is 2.30. The molecule has 5 heteroatoms. The zero-order valence-electron chi connectivity index (χ0n) is 9.37. The number of likely N-dealkylation sites (N-methyl/N-ethyl adjacent to an activating group) is 1. The van der Waals surface area contributed by atoms with Crippen molar-refractivity contribution < 1.29 is 0 Å². The fourth-order valence-corrected chi connectivity index (χ4v) is 4.09. The van der Waals surface area contributed by atoms with Crippen molar-refractivity contribution in [3.05, 3.63) is 42.1 Å². The van der Waals surface area contributed by atoms with Gasteiger partial charge in [0.1, 0.15) is 0 Å². The number of hydrogen-bond donors (Lipinski definition) is 1. The van der Waals surface area contributed by atoms with Gasteiger partial charge in [-0.1, -0.05) is 18.5 Å². The van der Waals surface area contributed by atoms with E-state index in [9.17, 15) is 0 Å². The largest absolute Gasteiger partial charge is 0.310 e. The Balaban J connectivity index is 2.12. The fraction of sp³-hybridized carbons (Fsp3) is 0.333. The molecule has 17 heavy (non-hydrogen) atoms. The van der Waals surface area contributed by atoms with Crippen LogP contribution >= 0.6 is 50.2 Å². The van der Waals surface area contributed by atoms with Crippen molar-refractivity contribution in [2.45, 2.75) is 19.4 Å². The molecule has 0 spiro atoms. The van der Waals surface area contributed by atoms with E-state index in [1.54, 1.807) is 22.7 Å². The Morgan fingerprint density at radius 3 is 2.82 bits per heavy atom. The number of nitrogens with one attached hydrogen (secondary N) is 1. The third kappa shape index (κ3) is 3.80. The molecule has 0 fully saturated rings. The molecule has 1 unspecified atom stereocenters. The Labute approximate surface area is 123 Å². The zero-order valence-corrected chi connectivity index (χ0v) is 13.3. The van der Waals surface area contributed by atoms with Crippen LogP contribution in [0.15, 0.2) is 27.4 Å². The van der Waals surface area contributed by atoms with Crippen molar-refractivity contribution in [1.29, 1.82) is 0 Å². The lowest BCUT2D eigenvalue weighted by molar-refractivity contribution is 0.555. The third-order valence-corrected chi connectivity index (χ3v) is 5.25. The first kappa shape index (κ1) is 13.6. The maximum absolute atomic E-state index is 5.96. The molecule has 1 N–H and O–H groups in total. The van der Waals surface area contributed by atoms with Gasteiger partial charge in [0.15, 0.2) is 0 Å². The quantitative estimate of drug-likeness (QED) is 0.789. The van der Waals surface area contributed by atoms with Crippen molar-refractivity contribution in [2.75, 3.05) is 6.54 Å². The summed E-state index contributed by atoms with van der Waals surface area (Å²) in [5, 5.41) is 5.72. The highest BCUT2D eigenvalue weighted by molar-refractivity contribution is 9.11. The van der Waals surface area contributed by atoms with E-state index in [1.165, 1.54) is 14.2 Å². The second kappa shape index (κ2) is 6.34. The molecule has 0 saturated carbocycles. The van der Waals surface area contributed by atoms with Crippen LogP contribution in [0.5, 0.6) is 0 Å². The van der Waals surface area contributed by atoms with Gasteiger partial charge in [0.25, 0.3) is 0 Å². The van der Waals surface area contributed by atoms with E-state index in [0.29, 0.717) is 6.04 Å². The van der Waals surface area contributed by atoms with Crippen LogP contribution in [0.3, 0.4) is 0 Å². The van der Waals surface area contributed by atoms with E-state index in [2.05, 4.69) is 45.7 Å². The van der Waals surface area contributed by atoms with E-state index in [1.807, 2.05) is 6.07 Å². The van der Waals surface area contributed by atoms with Gasteiger partial charge in [0.05, 0.1) is 8.12 Å². The highest BCUT2D eigenvalue weighted by atomic mass is 79.9. The maximum Gasteiger partial charge on any atom is 0.0931 e. The summed E-state index contributed by atoms with van der Waals surface area (Å²) < 4.78 is 2.04. The molecule has 92 valence electrons. The van der Waals surface area contributed by atoms with Crippen LogP contribution in [0.1, 0.15) is 23.4 Å². The van der Waals surface area contributed by atoms with Crippen LogP contribution in [-0.4, -0.2) is 6.54 Å². The van der Waals surface area contributed by atoms with Crippen molar-refractivity contribution in [3.63, 3.8) is 0 Å². The van der Waals surface area contributed by atoms with Gasteiger partial charge in [-0.15, -0.1) is 22.7 Å². The van der Waals surface area contributed by atoms with Crippen LogP contribution in [-0.2, 0) is 6.42 Å². The highest BCUT2D eigenvalue weighted by Gasteiger charge is 2.13. The van der Waals surface area contributed by atoms with Crippen LogP contribution in [0.25, 0.3) is 0 Å². The van der Waals surface area contributed by atoms with Crippen LogP contribution in [0.4, 0.5) is 0 Å². The van der Waals surface area contributed by atoms with Crippen molar-refractivity contribution >= 4 is 50.2 Å². The van der Waals surface area contributed by atoms with Gasteiger partial charge < -0.3 is 5.32 Å². The Bertz CT molecular complexity index is 480. The number of hydrogen-bond acceptors (Lipinski definition) is 3. The Morgan fingerprint density at radius 2 is 2.29 bits per heavy atom. The average molecular weight is 351 g/mol. The molecule has 0 aromatic carbocycles. The van der Waals surface area contributed by atoms with E-state index < -0.39 is 0 Å². The van der Waals surface area contributed by atoms with Gasteiger partial charge >= 0.3 is 0 Å². The van der Waals surface area contributed by atoms with Crippen molar-refractivity contribution in [2.24, 2.45) is 0 Å². The summed E-state index contributed by atoms with van der Waals surface area (Å²) in [5.74, 6) is 0. The van der Waals surface area contributed by atoms with Gasteiger partial charge in [-0.2, -0.15) is 0 Å². The molecular formula is C12H13BrClNS2. The predicted octanol–water partition coefficient (Wildman–Crippen LogP) is 5.12. The minimum absolute atomic E-state index is 0.372.